The molecule has 0 spiro atoms. The standard InChI is InChI=1S/C24H16ClN5O/c25-19-11-6-10-17(13-19)20-12-5-4-9-18(20)15-27-30-24-28-22(16-7-2-1-3-8-16)21(14-26)23(31)29-24/h1-13,15H,(H2,28,29,30,31). The van der Waals surface area contributed by atoms with Crippen molar-refractivity contribution < 1.29 is 0 Å². The molecule has 4 aromatic rings. The molecule has 0 saturated heterocycles. The number of benzene rings is 3. The Kier molecular flexibility index (Phi) is 5.88. The summed E-state index contributed by atoms with van der Waals surface area (Å²) in [5, 5.41) is 14.2. The van der Waals surface area contributed by atoms with Crippen LogP contribution >= 0.6 is 11.6 Å². The molecule has 0 aliphatic heterocycles. The van der Waals surface area contributed by atoms with Crippen molar-refractivity contribution in [1.82, 2.24) is 9.97 Å². The molecule has 31 heavy (non-hydrogen) atoms. The van der Waals surface area contributed by atoms with E-state index < -0.39 is 5.56 Å². The second-order valence-electron chi connectivity index (χ2n) is 6.58. The lowest BCUT2D eigenvalue weighted by Crippen LogP contribution is -2.16. The summed E-state index contributed by atoms with van der Waals surface area (Å²) in [6.45, 7) is 0. The molecule has 0 radical (unpaired) electrons. The lowest BCUT2D eigenvalue weighted by atomic mass is 10.0. The van der Waals surface area contributed by atoms with Crippen LogP contribution in [0.1, 0.15) is 11.1 Å². The van der Waals surface area contributed by atoms with Gasteiger partial charge in [-0.2, -0.15) is 10.4 Å². The molecule has 0 atom stereocenters. The Bertz CT molecular complexity index is 1360. The Labute approximate surface area is 183 Å². The van der Waals surface area contributed by atoms with Crippen molar-refractivity contribution in [3.63, 3.8) is 0 Å². The van der Waals surface area contributed by atoms with Gasteiger partial charge in [0.05, 0.1) is 11.9 Å². The molecule has 3 aromatic carbocycles. The maximum Gasteiger partial charge on any atom is 0.270 e. The van der Waals surface area contributed by atoms with Crippen LogP contribution in [0.3, 0.4) is 0 Å². The molecular formula is C24H16ClN5O. The van der Waals surface area contributed by atoms with Gasteiger partial charge in [-0.3, -0.25) is 9.78 Å². The van der Waals surface area contributed by atoms with Crippen molar-refractivity contribution in [1.29, 1.82) is 5.26 Å². The van der Waals surface area contributed by atoms with Crippen molar-refractivity contribution in [2.45, 2.75) is 0 Å². The molecule has 0 aliphatic carbocycles. The highest BCUT2D eigenvalue weighted by molar-refractivity contribution is 6.30. The van der Waals surface area contributed by atoms with Crippen molar-refractivity contribution in [2.75, 3.05) is 5.43 Å². The van der Waals surface area contributed by atoms with E-state index in [1.807, 2.05) is 72.8 Å². The molecule has 1 aromatic heterocycles. The number of rotatable bonds is 5. The highest BCUT2D eigenvalue weighted by Crippen LogP contribution is 2.25. The Balaban J connectivity index is 1.65. The van der Waals surface area contributed by atoms with Gasteiger partial charge >= 0.3 is 0 Å². The zero-order chi connectivity index (χ0) is 21.6. The molecule has 150 valence electrons. The molecule has 2 N–H and O–H groups in total. The van der Waals surface area contributed by atoms with Gasteiger partial charge in [0.1, 0.15) is 11.6 Å². The largest absolute Gasteiger partial charge is 0.290 e. The van der Waals surface area contributed by atoms with Gasteiger partial charge in [-0.1, -0.05) is 78.3 Å². The molecular weight excluding hydrogens is 410 g/mol. The van der Waals surface area contributed by atoms with Gasteiger partial charge in [-0.15, -0.1) is 0 Å². The molecule has 0 fully saturated rings. The highest BCUT2D eigenvalue weighted by Gasteiger charge is 2.13. The van der Waals surface area contributed by atoms with Crippen LogP contribution in [0.4, 0.5) is 5.95 Å². The van der Waals surface area contributed by atoms with Crippen molar-refractivity contribution in [3.05, 3.63) is 105 Å². The minimum Gasteiger partial charge on any atom is -0.290 e. The van der Waals surface area contributed by atoms with Crippen LogP contribution in [-0.2, 0) is 0 Å². The number of halogens is 1. The third-order valence-electron chi connectivity index (χ3n) is 4.55. The summed E-state index contributed by atoms with van der Waals surface area (Å²) in [5.74, 6) is 0.138. The number of hydrazone groups is 1. The second-order valence-corrected chi connectivity index (χ2v) is 7.02. The molecule has 6 nitrogen and oxygen atoms in total. The lowest BCUT2D eigenvalue weighted by molar-refractivity contribution is 1.08. The number of nitrogens with one attached hydrogen (secondary N) is 2. The summed E-state index contributed by atoms with van der Waals surface area (Å²) in [7, 11) is 0. The fraction of sp³-hybridized carbons (Fsp3) is 0. The molecule has 4 rings (SSSR count). The van der Waals surface area contributed by atoms with Gasteiger partial charge in [0.15, 0.2) is 0 Å². The van der Waals surface area contributed by atoms with Gasteiger partial charge in [0.25, 0.3) is 5.56 Å². The zero-order valence-electron chi connectivity index (χ0n) is 16.2. The topological polar surface area (TPSA) is 93.9 Å². The maximum atomic E-state index is 12.3. The highest BCUT2D eigenvalue weighted by atomic mass is 35.5. The number of anilines is 1. The SMILES string of the molecule is N#Cc1c(-c2ccccc2)nc(NN=Cc2ccccc2-c2cccc(Cl)c2)[nH]c1=O. The van der Waals surface area contributed by atoms with Gasteiger partial charge in [0, 0.05) is 16.1 Å². The predicted molar refractivity (Wildman–Crippen MR) is 123 cm³/mol. The number of H-pyrrole nitrogens is 1. The van der Waals surface area contributed by atoms with Crippen LogP contribution in [0.2, 0.25) is 5.02 Å². The van der Waals surface area contributed by atoms with E-state index >= 15 is 0 Å². The van der Waals surface area contributed by atoms with Crippen molar-refractivity contribution in [2.24, 2.45) is 5.10 Å². The van der Waals surface area contributed by atoms with E-state index in [0.717, 1.165) is 16.7 Å². The van der Waals surface area contributed by atoms with Crippen LogP contribution in [0, 0.1) is 11.3 Å². The Morgan fingerprint density at radius 2 is 1.74 bits per heavy atom. The summed E-state index contributed by atoms with van der Waals surface area (Å²) in [5.41, 5.74) is 5.92. The molecule has 0 saturated carbocycles. The Morgan fingerprint density at radius 3 is 2.52 bits per heavy atom. The Morgan fingerprint density at radius 1 is 1.00 bits per heavy atom. The molecule has 1 heterocycles. The van der Waals surface area contributed by atoms with Gasteiger partial charge < -0.3 is 0 Å². The number of nitrogens with zero attached hydrogens (tertiary/aromatic N) is 3. The maximum absolute atomic E-state index is 12.3. The summed E-state index contributed by atoms with van der Waals surface area (Å²) in [6.07, 6.45) is 1.64. The zero-order valence-corrected chi connectivity index (χ0v) is 17.0. The second kappa shape index (κ2) is 9.08. The van der Waals surface area contributed by atoms with Crippen molar-refractivity contribution in [3.8, 4) is 28.5 Å². The van der Waals surface area contributed by atoms with E-state index in [0.29, 0.717) is 16.3 Å². The minimum atomic E-state index is -0.534. The van der Waals surface area contributed by atoms with Crippen LogP contribution in [0.5, 0.6) is 0 Å². The molecule has 7 heteroatoms. The quantitative estimate of drug-likeness (QED) is 0.344. The first-order valence-corrected chi connectivity index (χ1v) is 9.77. The minimum absolute atomic E-state index is 0.0490. The molecule has 0 bridgehead atoms. The summed E-state index contributed by atoms with van der Waals surface area (Å²) < 4.78 is 0. The smallest absolute Gasteiger partial charge is 0.270 e. The fourth-order valence-corrected chi connectivity index (χ4v) is 3.32. The van der Waals surface area contributed by atoms with Crippen LogP contribution < -0.4 is 11.0 Å². The van der Waals surface area contributed by atoms with Gasteiger partial charge in [-0.05, 0) is 23.3 Å². The van der Waals surface area contributed by atoms with E-state index in [2.05, 4.69) is 20.5 Å². The first-order valence-electron chi connectivity index (χ1n) is 9.39. The lowest BCUT2D eigenvalue weighted by Gasteiger charge is -2.07. The summed E-state index contributed by atoms with van der Waals surface area (Å²) >= 11 is 6.13. The molecule has 0 unspecified atom stereocenters. The Hall–Kier alpha value is -4.21. The van der Waals surface area contributed by atoms with Gasteiger partial charge in [0.2, 0.25) is 5.95 Å². The molecule has 0 aliphatic rings. The van der Waals surface area contributed by atoms with Crippen LogP contribution in [0.15, 0.2) is 88.8 Å². The fourth-order valence-electron chi connectivity index (χ4n) is 3.13. The first-order chi connectivity index (χ1) is 15.2. The van der Waals surface area contributed by atoms with Crippen molar-refractivity contribution >= 4 is 23.8 Å². The summed E-state index contributed by atoms with van der Waals surface area (Å²) in [6, 6.07) is 26.3. The average Bonchev–Trinajstić information content (AvgIpc) is 2.79. The van der Waals surface area contributed by atoms with E-state index in [4.69, 9.17) is 11.6 Å². The number of aromatic nitrogens is 2. The van der Waals surface area contributed by atoms with E-state index in [-0.39, 0.29) is 11.5 Å². The first kappa shape index (κ1) is 20.1. The molecule has 0 amide bonds. The number of hydrogen-bond donors (Lipinski definition) is 2. The third kappa shape index (κ3) is 4.53. The number of hydrogen-bond acceptors (Lipinski definition) is 5. The van der Waals surface area contributed by atoms with E-state index in [1.165, 1.54) is 0 Å². The average molecular weight is 426 g/mol. The predicted octanol–water partition coefficient (Wildman–Crippen LogP) is 5.07. The van der Waals surface area contributed by atoms with Gasteiger partial charge in [-0.25, -0.2) is 10.4 Å². The normalized spacial score (nSPS) is 10.7. The van der Waals surface area contributed by atoms with Crippen LogP contribution in [-0.4, -0.2) is 16.2 Å². The van der Waals surface area contributed by atoms with E-state index in [9.17, 15) is 10.1 Å². The monoisotopic (exact) mass is 425 g/mol. The van der Waals surface area contributed by atoms with Crippen LogP contribution in [0.25, 0.3) is 22.4 Å². The third-order valence-corrected chi connectivity index (χ3v) is 4.78. The van der Waals surface area contributed by atoms with E-state index in [1.54, 1.807) is 18.3 Å². The summed E-state index contributed by atoms with van der Waals surface area (Å²) in [4.78, 5) is 19.3. The number of aromatic amines is 1. The number of nitriles is 1.